The molecule has 0 fully saturated rings. The predicted octanol–water partition coefficient (Wildman–Crippen LogP) is 4.03. The second kappa shape index (κ2) is 6.02. The smallest absolute Gasteiger partial charge is 0.179 e. The maximum Gasteiger partial charge on any atom is 0.179 e. The fourth-order valence-electron chi connectivity index (χ4n) is 2.01. The summed E-state index contributed by atoms with van der Waals surface area (Å²) in [4.78, 5) is 1.47. The van der Waals surface area contributed by atoms with Gasteiger partial charge in [-0.05, 0) is 38.1 Å². The number of thioether (sulfide) groups is 1. The Morgan fingerprint density at radius 3 is 1.95 bits per heavy atom. The third-order valence-electron chi connectivity index (χ3n) is 2.78. The Morgan fingerprint density at radius 2 is 1.40 bits per heavy atom. The molecule has 0 aliphatic carbocycles. The molecule has 0 unspecified atom stereocenters. The first kappa shape index (κ1) is 15.1. The molecule has 0 atom stereocenters. The first-order chi connectivity index (χ1) is 9.39. The van der Waals surface area contributed by atoms with E-state index < -0.39 is 9.84 Å². The average Bonchev–Trinajstić information content (AvgIpc) is 2.39. The van der Waals surface area contributed by atoms with E-state index >= 15 is 0 Å². The molecule has 0 amide bonds. The highest BCUT2D eigenvalue weighted by atomic mass is 32.2. The van der Waals surface area contributed by atoms with E-state index in [2.05, 4.69) is 0 Å². The Kier molecular flexibility index (Phi) is 4.55. The fraction of sp³-hybridized carbons (Fsp3) is 0.250. The van der Waals surface area contributed by atoms with Crippen molar-refractivity contribution in [3.05, 3.63) is 60.7 Å². The second-order valence-corrected chi connectivity index (χ2v) is 9.02. The molecule has 2 nitrogen and oxygen atoms in total. The Labute approximate surface area is 125 Å². The summed E-state index contributed by atoms with van der Waals surface area (Å²) in [7, 11) is -3.26. The third-order valence-corrected chi connectivity index (χ3v) is 6.26. The van der Waals surface area contributed by atoms with Crippen LogP contribution < -0.4 is 0 Å². The number of hydrogen-bond donors (Lipinski definition) is 0. The zero-order valence-corrected chi connectivity index (χ0v) is 13.2. The van der Waals surface area contributed by atoms with E-state index in [1.807, 2.05) is 50.2 Å². The van der Waals surface area contributed by atoms with Crippen molar-refractivity contribution < 1.29 is 8.42 Å². The van der Waals surface area contributed by atoms with Gasteiger partial charge in [-0.2, -0.15) is 0 Å². The van der Waals surface area contributed by atoms with Crippen LogP contribution in [0.25, 0.3) is 0 Å². The molecule has 4 heteroatoms. The van der Waals surface area contributed by atoms with Crippen molar-refractivity contribution in [2.45, 2.75) is 28.4 Å². The standard InChI is InChI=1S/C16H18O2S2/c1-16(2,19-14-9-5-3-6-10-14)13-20(17,18)15-11-7-4-8-12-15/h3-12H,13H2,1-2H3. The molecule has 0 N–H and O–H groups in total. The second-order valence-electron chi connectivity index (χ2n) is 5.25. The van der Waals surface area contributed by atoms with Gasteiger partial charge in [-0.3, -0.25) is 0 Å². The molecule has 106 valence electrons. The lowest BCUT2D eigenvalue weighted by molar-refractivity contribution is 0.588. The molecule has 0 heterocycles. The van der Waals surface area contributed by atoms with E-state index in [0.29, 0.717) is 4.90 Å². The molecular formula is C16H18O2S2. The first-order valence-electron chi connectivity index (χ1n) is 6.41. The Balaban J connectivity index is 2.16. The molecule has 0 saturated heterocycles. The lowest BCUT2D eigenvalue weighted by Gasteiger charge is -2.23. The van der Waals surface area contributed by atoms with Crippen LogP contribution in [-0.4, -0.2) is 18.9 Å². The highest BCUT2D eigenvalue weighted by molar-refractivity contribution is 8.02. The molecule has 2 aromatic rings. The van der Waals surface area contributed by atoms with Gasteiger partial charge in [0.15, 0.2) is 9.84 Å². The van der Waals surface area contributed by atoms with Gasteiger partial charge in [0.25, 0.3) is 0 Å². The Hall–Kier alpha value is -1.26. The van der Waals surface area contributed by atoms with Gasteiger partial charge in [0.2, 0.25) is 0 Å². The SMILES string of the molecule is CC(C)(CS(=O)(=O)c1ccccc1)Sc1ccccc1. The van der Waals surface area contributed by atoms with E-state index in [1.54, 1.807) is 36.0 Å². The molecule has 0 spiro atoms. The van der Waals surface area contributed by atoms with Gasteiger partial charge in [-0.15, -0.1) is 11.8 Å². The molecule has 2 aromatic carbocycles. The van der Waals surface area contributed by atoms with Crippen molar-refractivity contribution in [3.63, 3.8) is 0 Å². The summed E-state index contributed by atoms with van der Waals surface area (Å²) < 4.78 is 24.5. The van der Waals surface area contributed by atoms with E-state index in [9.17, 15) is 8.42 Å². The van der Waals surface area contributed by atoms with Crippen LogP contribution in [0.2, 0.25) is 0 Å². The summed E-state index contributed by atoms with van der Waals surface area (Å²) in [5, 5.41) is 0. The van der Waals surface area contributed by atoms with Crippen LogP contribution in [0.5, 0.6) is 0 Å². The maximum atomic E-state index is 12.4. The van der Waals surface area contributed by atoms with Gasteiger partial charge in [0, 0.05) is 9.64 Å². The summed E-state index contributed by atoms with van der Waals surface area (Å²) in [6.45, 7) is 3.93. The predicted molar refractivity (Wildman–Crippen MR) is 84.9 cm³/mol. The minimum Gasteiger partial charge on any atom is -0.224 e. The van der Waals surface area contributed by atoms with Crippen molar-refractivity contribution >= 4 is 21.6 Å². The first-order valence-corrected chi connectivity index (χ1v) is 8.88. The van der Waals surface area contributed by atoms with E-state index in [0.717, 1.165) is 4.90 Å². The quantitative estimate of drug-likeness (QED) is 0.782. The maximum absolute atomic E-state index is 12.4. The zero-order valence-electron chi connectivity index (χ0n) is 11.6. The number of rotatable bonds is 5. The molecule has 0 aliphatic heterocycles. The van der Waals surface area contributed by atoms with E-state index in [4.69, 9.17) is 0 Å². The number of sulfone groups is 1. The van der Waals surface area contributed by atoms with Gasteiger partial charge in [-0.1, -0.05) is 36.4 Å². The monoisotopic (exact) mass is 306 g/mol. The Morgan fingerprint density at radius 1 is 0.900 bits per heavy atom. The summed E-state index contributed by atoms with van der Waals surface area (Å²) >= 11 is 1.59. The molecule has 0 bridgehead atoms. The minimum atomic E-state index is -3.26. The van der Waals surface area contributed by atoms with Crippen LogP contribution in [0.1, 0.15) is 13.8 Å². The van der Waals surface area contributed by atoms with Gasteiger partial charge in [0.1, 0.15) is 0 Å². The third kappa shape index (κ3) is 4.12. The van der Waals surface area contributed by atoms with Gasteiger partial charge < -0.3 is 0 Å². The highest BCUT2D eigenvalue weighted by Crippen LogP contribution is 2.34. The summed E-state index contributed by atoms with van der Waals surface area (Å²) in [5.41, 5.74) is 0. The molecule has 0 radical (unpaired) electrons. The molecule has 0 saturated carbocycles. The zero-order chi connectivity index (χ0) is 14.6. The lowest BCUT2D eigenvalue weighted by Crippen LogP contribution is -2.27. The normalized spacial score (nSPS) is 12.3. The minimum absolute atomic E-state index is 0.115. The van der Waals surface area contributed by atoms with Crippen molar-refractivity contribution in [1.82, 2.24) is 0 Å². The van der Waals surface area contributed by atoms with E-state index in [-0.39, 0.29) is 10.5 Å². The molecule has 0 aromatic heterocycles. The highest BCUT2D eigenvalue weighted by Gasteiger charge is 2.28. The van der Waals surface area contributed by atoms with Crippen LogP contribution in [0.15, 0.2) is 70.5 Å². The van der Waals surface area contributed by atoms with Crippen LogP contribution in [0.3, 0.4) is 0 Å². The van der Waals surface area contributed by atoms with Crippen molar-refractivity contribution in [3.8, 4) is 0 Å². The molecule has 20 heavy (non-hydrogen) atoms. The average molecular weight is 306 g/mol. The number of benzene rings is 2. The topological polar surface area (TPSA) is 34.1 Å². The summed E-state index contributed by atoms with van der Waals surface area (Å²) in [5.74, 6) is 0.115. The van der Waals surface area contributed by atoms with Crippen LogP contribution in [0.4, 0.5) is 0 Å². The van der Waals surface area contributed by atoms with E-state index in [1.165, 1.54) is 0 Å². The fourth-order valence-corrected chi connectivity index (χ4v) is 5.29. The molecule has 0 aliphatic rings. The van der Waals surface area contributed by atoms with Crippen molar-refractivity contribution in [1.29, 1.82) is 0 Å². The van der Waals surface area contributed by atoms with Crippen molar-refractivity contribution in [2.24, 2.45) is 0 Å². The lowest BCUT2D eigenvalue weighted by atomic mass is 10.2. The molecular weight excluding hydrogens is 288 g/mol. The van der Waals surface area contributed by atoms with Crippen LogP contribution >= 0.6 is 11.8 Å². The number of hydrogen-bond acceptors (Lipinski definition) is 3. The van der Waals surface area contributed by atoms with Gasteiger partial charge >= 0.3 is 0 Å². The van der Waals surface area contributed by atoms with Crippen LogP contribution in [0, 0.1) is 0 Å². The largest absolute Gasteiger partial charge is 0.224 e. The van der Waals surface area contributed by atoms with Crippen molar-refractivity contribution in [2.75, 3.05) is 5.75 Å². The Bertz CT molecular complexity index is 647. The van der Waals surface area contributed by atoms with Crippen LogP contribution in [-0.2, 0) is 9.84 Å². The molecule has 2 rings (SSSR count). The summed E-state index contributed by atoms with van der Waals surface area (Å²) in [6.07, 6.45) is 0. The van der Waals surface area contributed by atoms with Gasteiger partial charge in [0.05, 0.1) is 10.6 Å². The van der Waals surface area contributed by atoms with Gasteiger partial charge in [-0.25, -0.2) is 8.42 Å². The summed E-state index contributed by atoms with van der Waals surface area (Å²) in [6, 6.07) is 18.5.